The summed E-state index contributed by atoms with van der Waals surface area (Å²) in [7, 11) is 0. The zero-order valence-electron chi connectivity index (χ0n) is 17.3. The Morgan fingerprint density at radius 1 is 1.13 bits per heavy atom. The zero-order chi connectivity index (χ0) is 20.8. The molecule has 7 nitrogen and oxygen atoms in total. The molecule has 1 fully saturated rings. The van der Waals surface area contributed by atoms with Crippen molar-refractivity contribution in [3.05, 3.63) is 55.7 Å². The number of fused-ring (bicyclic) bond motifs is 2. The summed E-state index contributed by atoms with van der Waals surface area (Å²) in [5.41, 5.74) is 3.61. The van der Waals surface area contributed by atoms with Gasteiger partial charge in [0.1, 0.15) is 16.5 Å². The molecule has 0 amide bonds. The molecule has 8 heteroatoms. The Morgan fingerprint density at radius 3 is 2.70 bits per heavy atom. The van der Waals surface area contributed by atoms with Crippen molar-refractivity contribution in [3.8, 4) is 0 Å². The minimum absolute atomic E-state index is 0.153. The standard InChI is InChI=1S/C22H25N5O2S/c1-14-15(2)30-22-20(14)21(23-19(24-22)13-25-8-3-4-9-25)26-10-7-16-5-6-18(27(28)29)11-17(16)12-26/h5-6,11H,3-4,7-10,12-13H2,1-2H3. The van der Waals surface area contributed by atoms with Crippen molar-refractivity contribution in [2.24, 2.45) is 0 Å². The molecule has 0 aliphatic carbocycles. The normalized spacial score (nSPS) is 16.9. The fraction of sp³-hybridized carbons (Fsp3) is 0.455. The summed E-state index contributed by atoms with van der Waals surface area (Å²) in [6.07, 6.45) is 3.35. The average Bonchev–Trinajstić information content (AvgIpc) is 3.34. The van der Waals surface area contributed by atoms with Gasteiger partial charge in [-0.05, 0) is 62.9 Å². The summed E-state index contributed by atoms with van der Waals surface area (Å²) in [5.74, 6) is 1.86. The van der Waals surface area contributed by atoms with Crippen LogP contribution in [0, 0.1) is 24.0 Å². The van der Waals surface area contributed by atoms with Gasteiger partial charge in [0.2, 0.25) is 0 Å². The van der Waals surface area contributed by atoms with Gasteiger partial charge in [0.15, 0.2) is 0 Å². The number of likely N-dealkylation sites (tertiary alicyclic amines) is 1. The van der Waals surface area contributed by atoms with Crippen LogP contribution < -0.4 is 4.90 Å². The van der Waals surface area contributed by atoms with Crippen LogP contribution in [0.3, 0.4) is 0 Å². The Kier molecular flexibility index (Phi) is 4.91. The molecule has 3 aromatic rings. The molecule has 1 aromatic carbocycles. The molecule has 2 aliphatic rings. The highest BCUT2D eigenvalue weighted by atomic mass is 32.1. The van der Waals surface area contributed by atoms with E-state index in [1.807, 2.05) is 6.07 Å². The molecule has 2 aromatic heterocycles. The van der Waals surface area contributed by atoms with E-state index in [9.17, 15) is 10.1 Å². The molecule has 156 valence electrons. The van der Waals surface area contributed by atoms with Gasteiger partial charge < -0.3 is 4.90 Å². The maximum Gasteiger partial charge on any atom is 0.269 e. The van der Waals surface area contributed by atoms with Crippen LogP contribution in [0.15, 0.2) is 18.2 Å². The molecule has 0 unspecified atom stereocenters. The van der Waals surface area contributed by atoms with Crippen LogP contribution in [0.25, 0.3) is 10.2 Å². The Balaban J connectivity index is 1.55. The van der Waals surface area contributed by atoms with Gasteiger partial charge in [0.25, 0.3) is 5.69 Å². The summed E-state index contributed by atoms with van der Waals surface area (Å²) in [6.45, 7) is 8.79. The number of non-ortho nitro benzene ring substituents is 1. The lowest BCUT2D eigenvalue weighted by Gasteiger charge is -2.30. The van der Waals surface area contributed by atoms with Crippen molar-refractivity contribution in [1.29, 1.82) is 0 Å². The van der Waals surface area contributed by atoms with Crippen LogP contribution in [-0.4, -0.2) is 39.4 Å². The topological polar surface area (TPSA) is 75.4 Å². The van der Waals surface area contributed by atoms with Crippen molar-refractivity contribution in [2.45, 2.75) is 46.2 Å². The lowest BCUT2D eigenvalue weighted by atomic mass is 9.99. The molecule has 30 heavy (non-hydrogen) atoms. The van der Waals surface area contributed by atoms with E-state index in [-0.39, 0.29) is 10.6 Å². The Labute approximate surface area is 179 Å². The van der Waals surface area contributed by atoms with E-state index in [1.54, 1.807) is 23.5 Å². The van der Waals surface area contributed by atoms with Gasteiger partial charge in [-0.2, -0.15) is 0 Å². The number of hydrogen-bond acceptors (Lipinski definition) is 7. The van der Waals surface area contributed by atoms with Gasteiger partial charge >= 0.3 is 0 Å². The van der Waals surface area contributed by atoms with E-state index >= 15 is 0 Å². The second-order valence-corrected chi connectivity index (χ2v) is 9.49. The summed E-state index contributed by atoms with van der Waals surface area (Å²) in [6, 6.07) is 5.23. The van der Waals surface area contributed by atoms with Gasteiger partial charge in [-0.3, -0.25) is 15.0 Å². The fourth-order valence-corrected chi connectivity index (χ4v) is 5.59. The number of rotatable bonds is 4. The van der Waals surface area contributed by atoms with Gasteiger partial charge in [-0.25, -0.2) is 9.97 Å². The quantitative estimate of drug-likeness (QED) is 0.458. The minimum atomic E-state index is -0.317. The highest BCUT2D eigenvalue weighted by Gasteiger charge is 2.25. The first-order valence-electron chi connectivity index (χ1n) is 10.5. The second-order valence-electron chi connectivity index (χ2n) is 8.29. The molecule has 5 rings (SSSR count). The molecule has 0 atom stereocenters. The monoisotopic (exact) mass is 423 g/mol. The van der Waals surface area contributed by atoms with Crippen LogP contribution >= 0.6 is 11.3 Å². The smallest absolute Gasteiger partial charge is 0.269 e. The van der Waals surface area contributed by atoms with E-state index in [1.165, 1.54) is 28.8 Å². The highest BCUT2D eigenvalue weighted by Crippen LogP contribution is 2.37. The van der Waals surface area contributed by atoms with Gasteiger partial charge in [0.05, 0.1) is 16.9 Å². The average molecular weight is 424 g/mol. The van der Waals surface area contributed by atoms with Crippen LogP contribution in [-0.2, 0) is 19.5 Å². The van der Waals surface area contributed by atoms with Crippen LogP contribution in [0.2, 0.25) is 0 Å². The number of anilines is 1. The molecule has 1 saturated heterocycles. The van der Waals surface area contributed by atoms with E-state index in [4.69, 9.17) is 9.97 Å². The maximum absolute atomic E-state index is 11.2. The Bertz CT molecular complexity index is 1140. The second kappa shape index (κ2) is 7.59. The summed E-state index contributed by atoms with van der Waals surface area (Å²) >= 11 is 1.74. The Hall–Kier alpha value is -2.58. The van der Waals surface area contributed by atoms with E-state index in [0.717, 1.165) is 60.0 Å². The Morgan fingerprint density at radius 2 is 1.93 bits per heavy atom. The van der Waals surface area contributed by atoms with Crippen molar-refractivity contribution >= 4 is 33.1 Å². The first-order chi connectivity index (χ1) is 14.5. The largest absolute Gasteiger partial charge is 0.351 e. The molecular weight excluding hydrogens is 398 g/mol. The lowest BCUT2D eigenvalue weighted by Crippen LogP contribution is -2.32. The minimum Gasteiger partial charge on any atom is -0.351 e. The number of benzene rings is 1. The maximum atomic E-state index is 11.2. The zero-order valence-corrected chi connectivity index (χ0v) is 18.2. The van der Waals surface area contributed by atoms with Gasteiger partial charge in [-0.15, -0.1) is 11.3 Å². The third-order valence-electron chi connectivity index (χ3n) is 6.33. The number of nitro groups is 1. The number of nitro benzene ring substituents is 1. The van der Waals surface area contributed by atoms with Crippen molar-refractivity contribution < 1.29 is 4.92 Å². The third kappa shape index (κ3) is 3.44. The SMILES string of the molecule is Cc1sc2nc(CN3CCCC3)nc(N3CCc4ccc([N+](=O)[O-])cc4C3)c2c1C. The van der Waals surface area contributed by atoms with Crippen LogP contribution in [0.5, 0.6) is 0 Å². The molecule has 0 radical (unpaired) electrons. The molecule has 4 heterocycles. The number of thiophene rings is 1. The summed E-state index contributed by atoms with van der Waals surface area (Å²) < 4.78 is 0. The molecule has 2 aliphatic heterocycles. The molecule has 0 spiro atoms. The van der Waals surface area contributed by atoms with E-state index < -0.39 is 0 Å². The summed E-state index contributed by atoms with van der Waals surface area (Å²) in [5, 5.41) is 12.4. The number of aromatic nitrogens is 2. The van der Waals surface area contributed by atoms with E-state index in [0.29, 0.717) is 6.54 Å². The van der Waals surface area contributed by atoms with Crippen LogP contribution in [0.4, 0.5) is 11.5 Å². The van der Waals surface area contributed by atoms with Gasteiger partial charge in [-0.1, -0.05) is 6.07 Å². The third-order valence-corrected chi connectivity index (χ3v) is 7.43. The number of hydrogen-bond donors (Lipinski definition) is 0. The molecule has 0 N–H and O–H groups in total. The first-order valence-corrected chi connectivity index (χ1v) is 11.3. The molecule has 0 bridgehead atoms. The van der Waals surface area contributed by atoms with Gasteiger partial charge in [0, 0.05) is 30.1 Å². The first kappa shape index (κ1) is 19.4. The lowest BCUT2D eigenvalue weighted by molar-refractivity contribution is -0.384. The van der Waals surface area contributed by atoms with Crippen LogP contribution in [0.1, 0.15) is 40.2 Å². The molecular formula is C22H25N5O2S. The fourth-order valence-electron chi connectivity index (χ4n) is 4.55. The number of aryl methyl sites for hydroxylation is 2. The van der Waals surface area contributed by atoms with E-state index in [2.05, 4.69) is 23.6 Å². The van der Waals surface area contributed by atoms with Crippen molar-refractivity contribution in [1.82, 2.24) is 14.9 Å². The number of nitrogens with zero attached hydrogens (tertiary/aromatic N) is 5. The van der Waals surface area contributed by atoms with Crippen molar-refractivity contribution in [3.63, 3.8) is 0 Å². The summed E-state index contributed by atoms with van der Waals surface area (Å²) in [4.78, 5) is 27.9. The van der Waals surface area contributed by atoms with Crippen molar-refractivity contribution in [2.75, 3.05) is 24.5 Å². The predicted molar refractivity (Wildman–Crippen MR) is 119 cm³/mol. The predicted octanol–water partition coefficient (Wildman–Crippen LogP) is 4.37. The molecule has 0 saturated carbocycles. The highest BCUT2D eigenvalue weighted by molar-refractivity contribution is 7.18.